The third kappa shape index (κ3) is 4.84. The summed E-state index contributed by atoms with van der Waals surface area (Å²) in [6, 6.07) is 1.54. The summed E-state index contributed by atoms with van der Waals surface area (Å²) in [6.45, 7) is 6.06. The highest BCUT2D eigenvalue weighted by atomic mass is 35.5. The van der Waals surface area contributed by atoms with Crippen LogP contribution in [0.3, 0.4) is 0 Å². The number of piperidine rings is 1. The van der Waals surface area contributed by atoms with Gasteiger partial charge in [-0.25, -0.2) is 4.79 Å². The molecule has 26 heavy (non-hydrogen) atoms. The van der Waals surface area contributed by atoms with E-state index in [0.29, 0.717) is 33.0 Å². The van der Waals surface area contributed by atoms with Gasteiger partial charge in [0.25, 0.3) is 0 Å². The molecule has 1 aliphatic rings. The lowest BCUT2D eigenvalue weighted by atomic mass is 9.83. The Morgan fingerprint density at radius 1 is 1.15 bits per heavy atom. The summed E-state index contributed by atoms with van der Waals surface area (Å²) < 4.78 is 16.4. The molecule has 7 heteroatoms. The van der Waals surface area contributed by atoms with Gasteiger partial charge in [-0.3, -0.25) is 0 Å². The molecule has 1 aromatic carbocycles. The number of hydrogen-bond acceptors (Lipinski definition) is 4. The lowest BCUT2D eigenvalue weighted by Gasteiger charge is -2.35. The van der Waals surface area contributed by atoms with Gasteiger partial charge in [-0.15, -0.1) is 0 Å². The normalized spacial score (nSPS) is 15.9. The highest BCUT2D eigenvalue weighted by Crippen LogP contribution is 2.41. The zero-order valence-electron chi connectivity index (χ0n) is 15.6. The molecule has 1 aromatic rings. The van der Waals surface area contributed by atoms with Crippen LogP contribution in [0.15, 0.2) is 12.1 Å². The van der Waals surface area contributed by atoms with Crippen LogP contribution < -0.4 is 14.8 Å². The fourth-order valence-corrected chi connectivity index (χ4v) is 3.95. The summed E-state index contributed by atoms with van der Waals surface area (Å²) in [4.78, 5) is 12.4. The summed E-state index contributed by atoms with van der Waals surface area (Å²) in [5, 5.41) is 2.96. The lowest BCUT2D eigenvalue weighted by Crippen LogP contribution is -2.86. The van der Waals surface area contributed by atoms with Gasteiger partial charge in [0.05, 0.1) is 42.9 Å². The van der Waals surface area contributed by atoms with Crippen LogP contribution >= 0.6 is 23.2 Å². The zero-order chi connectivity index (χ0) is 19.3. The van der Waals surface area contributed by atoms with E-state index in [0.717, 1.165) is 25.9 Å². The number of carbonyl (C=O) groups excluding carboxylic acids is 1. The van der Waals surface area contributed by atoms with Crippen molar-refractivity contribution in [2.45, 2.75) is 32.3 Å². The first-order valence-electron chi connectivity index (χ1n) is 8.62. The predicted octanol–water partition coefficient (Wildman–Crippen LogP) is 3.32. The van der Waals surface area contributed by atoms with Gasteiger partial charge in [-0.1, -0.05) is 23.2 Å². The standard InChI is InChI=1S/C19H25Cl2NO4/c1-19(2,12-7-9-22-10-8-12)26-16(23)6-5-13-17(24-3)14(20)11-15(21)18(13)25-4/h5-6,11-12,22H,7-10H2,1-4H3/p+1/b6-5+. The van der Waals surface area contributed by atoms with Crippen molar-refractivity contribution in [3.63, 3.8) is 0 Å². The number of carbonyl (C=O) groups is 1. The Bertz CT molecular complexity index is 654. The molecule has 1 saturated heterocycles. The number of rotatable bonds is 6. The van der Waals surface area contributed by atoms with Crippen molar-refractivity contribution in [3.05, 3.63) is 27.8 Å². The molecule has 2 rings (SSSR count). The topological polar surface area (TPSA) is 61.4 Å². The second kappa shape index (κ2) is 8.98. The molecule has 0 aromatic heterocycles. The second-order valence-electron chi connectivity index (χ2n) is 6.82. The number of halogens is 2. The van der Waals surface area contributed by atoms with Gasteiger partial charge >= 0.3 is 5.97 Å². The predicted molar refractivity (Wildman–Crippen MR) is 103 cm³/mol. The third-order valence-corrected chi connectivity index (χ3v) is 5.32. The van der Waals surface area contributed by atoms with Crippen LogP contribution in [0.4, 0.5) is 0 Å². The van der Waals surface area contributed by atoms with E-state index in [-0.39, 0.29) is 0 Å². The number of benzene rings is 1. The van der Waals surface area contributed by atoms with E-state index in [1.165, 1.54) is 20.3 Å². The minimum atomic E-state index is -0.518. The highest BCUT2D eigenvalue weighted by Gasteiger charge is 2.34. The van der Waals surface area contributed by atoms with Crippen molar-refractivity contribution in [3.8, 4) is 11.5 Å². The van der Waals surface area contributed by atoms with Crippen LogP contribution in [0.2, 0.25) is 10.0 Å². The first kappa shape index (κ1) is 20.9. The van der Waals surface area contributed by atoms with E-state index in [1.807, 2.05) is 13.8 Å². The highest BCUT2D eigenvalue weighted by molar-refractivity contribution is 6.37. The summed E-state index contributed by atoms with van der Waals surface area (Å²) in [5.74, 6) is 0.706. The molecule has 0 saturated carbocycles. The van der Waals surface area contributed by atoms with Crippen LogP contribution in [-0.4, -0.2) is 38.9 Å². The van der Waals surface area contributed by atoms with Gasteiger partial charge in [-0.05, 0) is 26.0 Å². The Labute approximate surface area is 164 Å². The number of nitrogens with two attached hydrogens (primary N) is 1. The van der Waals surface area contributed by atoms with Crippen molar-refractivity contribution >= 4 is 35.2 Å². The summed E-state index contributed by atoms with van der Waals surface area (Å²) in [7, 11) is 2.99. The van der Waals surface area contributed by atoms with Crippen LogP contribution in [0.5, 0.6) is 11.5 Å². The number of esters is 1. The van der Waals surface area contributed by atoms with E-state index in [9.17, 15) is 4.79 Å². The quantitative estimate of drug-likeness (QED) is 0.585. The Kier molecular flexibility index (Phi) is 7.21. The average molecular weight is 403 g/mol. The smallest absolute Gasteiger partial charge is 0.331 e. The molecule has 0 unspecified atom stereocenters. The second-order valence-corrected chi connectivity index (χ2v) is 7.63. The average Bonchev–Trinajstić information content (AvgIpc) is 2.60. The number of methoxy groups -OCH3 is 2. The van der Waals surface area contributed by atoms with E-state index < -0.39 is 11.6 Å². The summed E-state index contributed by atoms with van der Waals surface area (Å²) >= 11 is 12.3. The maximum absolute atomic E-state index is 12.4. The minimum Gasteiger partial charge on any atom is -0.494 e. The molecular formula is C19H26Cl2NO4+. The summed E-state index contributed by atoms with van der Waals surface area (Å²) in [6.07, 6.45) is 4.98. The SMILES string of the molecule is COc1c(Cl)cc(Cl)c(OC)c1/C=C/C(=O)OC(C)(C)C1CC[NH2+]CC1. The molecule has 2 N–H and O–H groups in total. The van der Waals surface area contributed by atoms with Crippen LogP contribution in [0.25, 0.3) is 6.08 Å². The molecular weight excluding hydrogens is 377 g/mol. The third-order valence-electron chi connectivity index (χ3n) is 4.76. The van der Waals surface area contributed by atoms with Crippen LogP contribution in [-0.2, 0) is 9.53 Å². The van der Waals surface area contributed by atoms with Crippen molar-refractivity contribution in [1.29, 1.82) is 0 Å². The fourth-order valence-electron chi connectivity index (χ4n) is 3.32. The number of hydrogen-bond donors (Lipinski definition) is 1. The lowest BCUT2D eigenvalue weighted by molar-refractivity contribution is -0.665. The Morgan fingerprint density at radius 3 is 2.19 bits per heavy atom. The van der Waals surface area contributed by atoms with Crippen LogP contribution in [0, 0.1) is 5.92 Å². The van der Waals surface area contributed by atoms with Crippen molar-refractivity contribution in [2.24, 2.45) is 5.92 Å². The van der Waals surface area contributed by atoms with E-state index in [1.54, 1.807) is 12.1 Å². The maximum Gasteiger partial charge on any atom is 0.331 e. The largest absolute Gasteiger partial charge is 0.494 e. The van der Waals surface area contributed by atoms with Gasteiger partial charge < -0.3 is 19.5 Å². The van der Waals surface area contributed by atoms with Crippen molar-refractivity contribution < 1.29 is 24.3 Å². The van der Waals surface area contributed by atoms with Gasteiger partial charge in [0.1, 0.15) is 17.1 Å². The van der Waals surface area contributed by atoms with Gasteiger partial charge in [0, 0.05) is 24.8 Å². The molecule has 0 aliphatic carbocycles. The molecule has 144 valence electrons. The van der Waals surface area contributed by atoms with Gasteiger partial charge in [0.15, 0.2) is 0 Å². The van der Waals surface area contributed by atoms with Crippen molar-refractivity contribution in [1.82, 2.24) is 0 Å². The molecule has 0 atom stereocenters. The van der Waals surface area contributed by atoms with Crippen molar-refractivity contribution in [2.75, 3.05) is 27.3 Å². The zero-order valence-corrected chi connectivity index (χ0v) is 17.1. The summed E-state index contributed by atoms with van der Waals surface area (Å²) in [5.41, 5.74) is -0.0231. The number of quaternary nitrogens is 1. The first-order valence-corrected chi connectivity index (χ1v) is 9.38. The van der Waals surface area contributed by atoms with Gasteiger partial charge in [0.2, 0.25) is 0 Å². The maximum atomic E-state index is 12.4. The minimum absolute atomic E-state index is 0.338. The number of ether oxygens (including phenoxy) is 3. The fraction of sp³-hybridized carbons (Fsp3) is 0.526. The van der Waals surface area contributed by atoms with Gasteiger partial charge in [-0.2, -0.15) is 0 Å². The Morgan fingerprint density at radius 2 is 1.69 bits per heavy atom. The monoisotopic (exact) mass is 402 g/mol. The molecule has 1 heterocycles. The Balaban J connectivity index is 2.19. The van der Waals surface area contributed by atoms with E-state index in [2.05, 4.69) is 5.32 Å². The van der Waals surface area contributed by atoms with E-state index in [4.69, 9.17) is 37.4 Å². The Hall–Kier alpha value is -1.43. The molecule has 0 spiro atoms. The molecule has 1 fully saturated rings. The molecule has 0 radical (unpaired) electrons. The van der Waals surface area contributed by atoms with Crippen LogP contribution in [0.1, 0.15) is 32.3 Å². The molecule has 0 bridgehead atoms. The first-order chi connectivity index (χ1) is 12.3. The molecule has 1 aliphatic heterocycles. The molecule has 0 amide bonds. The molecule has 5 nitrogen and oxygen atoms in total. The van der Waals surface area contributed by atoms with E-state index >= 15 is 0 Å².